The lowest BCUT2D eigenvalue weighted by atomic mass is 10.0. The molecule has 1 saturated heterocycles. The topological polar surface area (TPSA) is 61.8 Å². The Balaban J connectivity index is 1.60. The summed E-state index contributed by atoms with van der Waals surface area (Å²) in [6.45, 7) is 11.4. The van der Waals surface area contributed by atoms with E-state index in [4.69, 9.17) is 9.72 Å². The number of rotatable bonds is 7. The van der Waals surface area contributed by atoms with E-state index in [0.717, 1.165) is 49.5 Å². The summed E-state index contributed by atoms with van der Waals surface area (Å²) in [5.74, 6) is 1.26. The summed E-state index contributed by atoms with van der Waals surface area (Å²) in [5, 5.41) is 10.1. The van der Waals surface area contributed by atoms with E-state index in [0.29, 0.717) is 12.5 Å². The molecule has 1 fully saturated rings. The molecule has 1 aliphatic rings. The Labute approximate surface area is 178 Å². The van der Waals surface area contributed by atoms with Crippen molar-refractivity contribution in [2.45, 2.75) is 39.3 Å². The molecule has 7 heteroatoms. The van der Waals surface area contributed by atoms with Crippen LogP contribution in [0, 0.1) is 6.92 Å². The molecule has 0 spiro atoms. The monoisotopic (exact) mass is 415 g/mol. The second-order valence-corrected chi connectivity index (χ2v) is 8.64. The minimum absolute atomic E-state index is 0.283. The van der Waals surface area contributed by atoms with Crippen LogP contribution in [0.1, 0.15) is 47.6 Å². The first kappa shape index (κ1) is 21.7. The Kier molecular flexibility index (Phi) is 8.03. The van der Waals surface area contributed by atoms with Crippen LogP contribution in [-0.4, -0.2) is 55.7 Å². The number of aryl methyl sites for hydroxylation is 1. The maximum Gasteiger partial charge on any atom is 0.191 e. The van der Waals surface area contributed by atoms with E-state index >= 15 is 0 Å². The lowest BCUT2D eigenvalue weighted by Crippen LogP contribution is -2.46. The van der Waals surface area contributed by atoms with Gasteiger partial charge in [-0.1, -0.05) is 43.7 Å². The third kappa shape index (κ3) is 6.26. The number of thiazole rings is 1. The maximum atomic E-state index is 5.55. The highest BCUT2D eigenvalue weighted by molar-refractivity contribution is 7.09. The second-order valence-electron chi connectivity index (χ2n) is 7.70. The number of morpholine rings is 1. The number of benzene rings is 1. The molecule has 6 nitrogen and oxygen atoms in total. The number of nitrogens with one attached hydrogen (secondary N) is 2. The van der Waals surface area contributed by atoms with Crippen molar-refractivity contribution in [1.82, 2.24) is 20.5 Å². The molecule has 2 aromatic rings. The van der Waals surface area contributed by atoms with Gasteiger partial charge in [-0.3, -0.25) is 9.89 Å². The van der Waals surface area contributed by atoms with Gasteiger partial charge in [0.05, 0.1) is 31.5 Å². The summed E-state index contributed by atoms with van der Waals surface area (Å²) in [5.41, 5.74) is 3.76. The number of nitrogens with zero attached hydrogens (tertiary/aromatic N) is 3. The van der Waals surface area contributed by atoms with Crippen molar-refractivity contribution in [2.75, 3.05) is 39.9 Å². The average molecular weight is 416 g/mol. The van der Waals surface area contributed by atoms with Gasteiger partial charge in [-0.05, 0) is 18.4 Å². The quantitative estimate of drug-likeness (QED) is 0.537. The number of aromatic nitrogens is 1. The summed E-state index contributed by atoms with van der Waals surface area (Å²) >= 11 is 1.70. The van der Waals surface area contributed by atoms with Gasteiger partial charge in [0, 0.05) is 32.1 Å². The molecule has 0 bridgehead atoms. The van der Waals surface area contributed by atoms with E-state index in [9.17, 15) is 0 Å². The normalized spacial score (nSPS) is 16.8. The molecule has 0 saturated carbocycles. The molecule has 158 valence electrons. The van der Waals surface area contributed by atoms with Crippen LogP contribution in [0.5, 0.6) is 0 Å². The van der Waals surface area contributed by atoms with E-state index in [1.54, 1.807) is 11.3 Å². The molecule has 1 unspecified atom stereocenters. The molecule has 2 heterocycles. The largest absolute Gasteiger partial charge is 0.379 e. The minimum Gasteiger partial charge on any atom is -0.379 e. The molecule has 1 aromatic carbocycles. The fourth-order valence-electron chi connectivity index (χ4n) is 3.38. The SMILES string of the molecule is CN=C(NCc1nc(C(C)C)cs1)NCC(c1ccc(C)cc1)N1CCOCC1. The van der Waals surface area contributed by atoms with Gasteiger partial charge in [0.2, 0.25) is 0 Å². The van der Waals surface area contributed by atoms with Gasteiger partial charge < -0.3 is 15.4 Å². The summed E-state index contributed by atoms with van der Waals surface area (Å²) in [7, 11) is 1.81. The molecule has 29 heavy (non-hydrogen) atoms. The van der Waals surface area contributed by atoms with Crippen molar-refractivity contribution in [3.8, 4) is 0 Å². The first-order chi connectivity index (χ1) is 14.1. The predicted octanol–water partition coefficient (Wildman–Crippen LogP) is 3.31. The van der Waals surface area contributed by atoms with Crippen LogP contribution in [-0.2, 0) is 11.3 Å². The molecular weight excluding hydrogens is 382 g/mol. The van der Waals surface area contributed by atoms with Crippen molar-refractivity contribution in [3.05, 3.63) is 51.5 Å². The van der Waals surface area contributed by atoms with Crippen LogP contribution in [0.2, 0.25) is 0 Å². The summed E-state index contributed by atoms with van der Waals surface area (Å²) in [4.78, 5) is 11.6. The lowest BCUT2D eigenvalue weighted by Gasteiger charge is -2.35. The Bertz CT molecular complexity index is 781. The van der Waals surface area contributed by atoms with Crippen molar-refractivity contribution in [2.24, 2.45) is 4.99 Å². The predicted molar refractivity (Wildman–Crippen MR) is 121 cm³/mol. The van der Waals surface area contributed by atoms with Gasteiger partial charge in [0.1, 0.15) is 5.01 Å². The van der Waals surface area contributed by atoms with Crippen LogP contribution >= 0.6 is 11.3 Å². The number of hydrogen-bond donors (Lipinski definition) is 2. The Morgan fingerprint density at radius 3 is 2.55 bits per heavy atom. The minimum atomic E-state index is 0.283. The van der Waals surface area contributed by atoms with Gasteiger partial charge in [0.15, 0.2) is 5.96 Å². The second kappa shape index (κ2) is 10.7. The van der Waals surface area contributed by atoms with Crippen molar-refractivity contribution < 1.29 is 4.74 Å². The smallest absolute Gasteiger partial charge is 0.191 e. The summed E-state index contributed by atoms with van der Waals surface area (Å²) < 4.78 is 5.55. The van der Waals surface area contributed by atoms with E-state index < -0.39 is 0 Å². The Morgan fingerprint density at radius 1 is 1.21 bits per heavy atom. The van der Waals surface area contributed by atoms with Crippen molar-refractivity contribution >= 4 is 17.3 Å². The zero-order valence-electron chi connectivity index (χ0n) is 17.9. The average Bonchev–Trinajstić information content (AvgIpc) is 3.22. The number of ether oxygens (including phenoxy) is 1. The molecule has 0 aliphatic carbocycles. The zero-order chi connectivity index (χ0) is 20.6. The molecule has 1 aliphatic heterocycles. The van der Waals surface area contributed by atoms with Crippen LogP contribution in [0.15, 0.2) is 34.6 Å². The first-order valence-corrected chi connectivity index (χ1v) is 11.2. The Morgan fingerprint density at radius 2 is 1.93 bits per heavy atom. The molecule has 1 atom stereocenters. The zero-order valence-corrected chi connectivity index (χ0v) is 18.8. The number of guanidine groups is 1. The molecular formula is C22H33N5OS. The van der Waals surface area contributed by atoms with Crippen LogP contribution in [0.4, 0.5) is 0 Å². The molecule has 3 rings (SSSR count). The lowest BCUT2D eigenvalue weighted by molar-refractivity contribution is 0.0170. The summed E-state index contributed by atoms with van der Waals surface area (Å²) in [6.07, 6.45) is 0. The fraction of sp³-hybridized carbons (Fsp3) is 0.545. The maximum absolute atomic E-state index is 5.55. The molecule has 1 aromatic heterocycles. The number of hydrogen-bond acceptors (Lipinski definition) is 5. The van der Waals surface area contributed by atoms with Gasteiger partial charge in [-0.2, -0.15) is 0 Å². The molecule has 0 amide bonds. The van der Waals surface area contributed by atoms with Gasteiger partial charge in [-0.25, -0.2) is 4.98 Å². The van der Waals surface area contributed by atoms with E-state index in [1.165, 1.54) is 11.1 Å². The molecule has 2 N–H and O–H groups in total. The highest BCUT2D eigenvalue weighted by atomic mass is 32.1. The van der Waals surface area contributed by atoms with Gasteiger partial charge in [0.25, 0.3) is 0 Å². The fourth-order valence-corrected chi connectivity index (χ4v) is 4.28. The van der Waals surface area contributed by atoms with Crippen molar-refractivity contribution in [1.29, 1.82) is 0 Å². The first-order valence-electron chi connectivity index (χ1n) is 10.3. The Hall–Kier alpha value is -1.96. The van der Waals surface area contributed by atoms with E-state index in [-0.39, 0.29) is 6.04 Å². The standard InChI is InChI=1S/C22H33N5OS/c1-16(2)19-15-29-21(26-19)14-25-22(23-4)24-13-20(27-9-11-28-12-10-27)18-7-5-17(3)6-8-18/h5-8,15-16,20H,9-14H2,1-4H3,(H2,23,24,25). The molecule has 0 radical (unpaired) electrons. The van der Waals surface area contributed by atoms with Crippen LogP contribution in [0.3, 0.4) is 0 Å². The highest BCUT2D eigenvalue weighted by Crippen LogP contribution is 2.22. The van der Waals surface area contributed by atoms with Gasteiger partial charge in [-0.15, -0.1) is 11.3 Å². The van der Waals surface area contributed by atoms with Crippen LogP contribution < -0.4 is 10.6 Å². The highest BCUT2D eigenvalue weighted by Gasteiger charge is 2.23. The van der Waals surface area contributed by atoms with E-state index in [1.807, 2.05) is 7.05 Å². The third-order valence-corrected chi connectivity index (χ3v) is 6.07. The number of aliphatic imine (C=N–C) groups is 1. The third-order valence-electron chi connectivity index (χ3n) is 5.20. The van der Waals surface area contributed by atoms with Crippen molar-refractivity contribution in [3.63, 3.8) is 0 Å². The summed E-state index contributed by atoms with van der Waals surface area (Å²) in [6, 6.07) is 9.12. The van der Waals surface area contributed by atoms with Crippen LogP contribution in [0.25, 0.3) is 0 Å². The van der Waals surface area contributed by atoms with E-state index in [2.05, 4.69) is 70.9 Å². The van der Waals surface area contributed by atoms with Gasteiger partial charge >= 0.3 is 0 Å².